The van der Waals surface area contributed by atoms with Crippen LogP contribution in [0.1, 0.15) is 5.56 Å². The molecule has 0 amide bonds. The maximum atomic E-state index is 5.11. The smallest absolute Gasteiger partial charge is 0.232 e. The van der Waals surface area contributed by atoms with Crippen molar-refractivity contribution >= 4 is 31.5 Å². The first kappa shape index (κ1) is 18.8. The van der Waals surface area contributed by atoms with Gasteiger partial charge in [0.15, 0.2) is 37.9 Å². The Balaban J connectivity index is 1.65. The van der Waals surface area contributed by atoms with E-state index in [1.54, 1.807) is 7.11 Å². The maximum Gasteiger partial charge on any atom is 0.232 e. The molecule has 0 N–H and O–H groups in total. The third-order valence-corrected chi connectivity index (χ3v) is 5.19. The van der Waals surface area contributed by atoms with Gasteiger partial charge in [-0.1, -0.05) is 48.8 Å². The van der Waals surface area contributed by atoms with Crippen molar-refractivity contribution in [2.45, 2.75) is 13.1 Å². The molecule has 0 aliphatic heterocycles. The summed E-state index contributed by atoms with van der Waals surface area (Å²) in [6.45, 7) is 3.41. The van der Waals surface area contributed by atoms with Gasteiger partial charge in [0.1, 0.15) is 6.61 Å². The van der Waals surface area contributed by atoms with Gasteiger partial charge in [0.2, 0.25) is 7.00 Å². The molecule has 6 heteroatoms. The lowest BCUT2D eigenvalue weighted by molar-refractivity contribution is -0.698. The molecule has 0 unspecified atom stereocenters. The van der Waals surface area contributed by atoms with Crippen LogP contribution in [0.4, 0.5) is 0 Å². The molecule has 0 spiro atoms. The van der Waals surface area contributed by atoms with Crippen LogP contribution in [0.2, 0.25) is 0 Å². The zero-order valence-electron chi connectivity index (χ0n) is 14.9. The van der Waals surface area contributed by atoms with Gasteiger partial charge in [-0.25, -0.2) is 9.13 Å². The van der Waals surface area contributed by atoms with E-state index in [2.05, 4.69) is 82.5 Å². The van der Waals surface area contributed by atoms with Crippen molar-refractivity contribution in [3.05, 3.63) is 78.9 Å². The summed E-state index contributed by atoms with van der Waals surface area (Å²) in [5.41, 5.74) is 5.04. The van der Waals surface area contributed by atoms with Crippen LogP contribution in [0.5, 0.6) is 0 Å². The Morgan fingerprint density at radius 3 is 2.00 bits per heavy atom. The summed E-state index contributed by atoms with van der Waals surface area (Å²) >= 11 is 5.01. The molecule has 0 fully saturated rings. The second kappa shape index (κ2) is 9.68. The van der Waals surface area contributed by atoms with Crippen LogP contribution in [0.15, 0.2) is 73.3 Å². The molecule has 3 nitrogen and oxygen atoms in total. The quantitative estimate of drug-likeness (QED) is 0.338. The topological polar surface area (TPSA) is 17.0 Å². The molecule has 0 bridgehead atoms. The molecule has 1 aromatic carbocycles. The van der Waals surface area contributed by atoms with Crippen LogP contribution in [-0.2, 0) is 29.6 Å². The summed E-state index contributed by atoms with van der Waals surface area (Å²) in [5.74, 6) is 0. The van der Waals surface area contributed by atoms with Crippen molar-refractivity contribution in [2.24, 2.45) is 0 Å². The first-order chi connectivity index (χ1) is 12.8. The molecule has 130 valence electrons. The number of hydrogen-bond donors (Lipinski definition) is 0. The van der Waals surface area contributed by atoms with Gasteiger partial charge >= 0.3 is 0 Å². The highest BCUT2D eigenvalue weighted by atomic mass is 32.4. The van der Waals surface area contributed by atoms with Gasteiger partial charge in [-0.15, -0.1) is 0 Å². The lowest BCUT2D eigenvalue weighted by Crippen LogP contribution is -2.34. The van der Waals surface area contributed by atoms with Crippen molar-refractivity contribution in [1.82, 2.24) is 0 Å². The van der Waals surface area contributed by atoms with Crippen LogP contribution in [0.25, 0.3) is 11.1 Å². The number of rotatable bonds is 8. The third kappa shape index (κ3) is 5.28. The van der Waals surface area contributed by atoms with Crippen LogP contribution < -0.4 is 14.6 Å². The number of hydrogen-bond acceptors (Lipinski definition) is 2. The predicted octanol–water partition coefficient (Wildman–Crippen LogP) is 2.01. The second-order valence-electron chi connectivity index (χ2n) is 6.18. The fourth-order valence-corrected chi connectivity index (χ4v) is 3.59. The summed E-state index contributed by atoms with van der Waals surface area (Å²) in [6.07, 6.45) is 8.46. The highest BCUT2D eigenvalue weighted by molar-refractivity contribution is 8.09. The van der Waals surface area contributed by atoms with E-state index < -0.39 is 0 Å². The van der Waals surface area contributed by atoms with E-state index in [-0.39, 0.29) is 0 Å². The van der Waals surface area contributed by atoms with Crippen LogP contribution in [-0.4, -0.2) is 20.7 Å². The fourth-order valence-electron chi connectivity index (χ4n) is 2.79. The van der Waals surface area contributed by atoms with Crippen LogP contribution in [0, 0.1) is 0 Å². The highest BCUT2D eigenvalue weighted by Crippen LogP contribution is 2.15. The molecule has 3 aromatic rings. The molecule has 0 radical (unpaired) electrons. The van der Waals surface area contributed by atoms with Crippen molar-refractivity contribution < 1.29 is 13.9 Å². The lowest BCUT2D eigenvalue weighted by atomic mass is 9.93. The van der Waals surface area contributed by atoms with Gasteiger partial charge in [-0.3, -0.25) is 0 Å². The minimum Gasteiger partial charge on any atom is -0.378 e. The molecule has 3 rings (SSSR count). The average molecular weight is 380 g/mol. The van der Waals surface area contributed by atoms with E-state index in [4.69, 9.17) is 16.5 Å². The van der Waals surface area contributed by atoms with Gasteiger partial charge in [-0.2, -0.15) is 0 Å². The van der Waals surface area contributed by atoms with Crippen molar-refractivity contribution in [3.63, 3.8) is 0 Å². The molecule has 0 aliphatic rings. The van der Waals surface area contributed by atoms with E-state index >= 15 is 0 Å². The molecular weight excluding hydrogens is 358 g/mol. The van der Waals surface area contributed by atoms with Gasteiger partial charge in [0, 0.05) is 36.9 Å². The van der Waals surface area contributed by atoms with Crippen molar-refractivity contribution in [1.29, 1.82) is 0 Å². The summed E-state index contributed by atoms with van der Waals surface area (Å²) in [5, 5.41) is 0. The molecule has 0 saturated heterocycles. The zero-order chi connectivity index (χ0) is 18.2. The Morgan fingerprint density at radius 2 is 1.46 bits per heavy atom. The summed E-state index contributed by atoms with van der Waals surface area (Å²) in [7, 11) is 2.72. The van der Waals surface area contributed by atoms with E-state index in [1.165, 1.54) is 22.2 Å². The van der Waals surface area contributed by atoms with E-state index in [9.17, 15) is 0 Å². The van der Waals surface area contributed by atoms with Crippen LogP contribution in [0.3, 0.4) is 0 Å². The van der Waals surface area contributed by atoms with Gasteiger partial charge < -0.3 is 4.74 Å². The first-order valence-electron chi connectivity index (χ1n) is 8.63. The Morgan fingerprint density at radius 1 is 0.885 bits per heavy atom. The zero-order valence-corrected chi connectivity index (χ0v) is 16.6. The maximum absolute atomic E-state index is 5.11. The van der Waals surface area contributed by atoms with Gasteiger partial charge in [-0.05, 0) is 11.1 Å². The van der Waals surface area contributed by atoms with Crippen molar-refractivity contribution in [3.8, 4) is 11.1 Å². The second-order valence-corrected chi connectivity index (χ2v) is 7.53. The fraction of sp³-hybridized carbons (Fsp3) is 0.200. The standard InChI is InChI=1S/C20H22BN2OPS/c1-24-15-14-22-10-6-18(7-11-22)19-8-12-23(13-9-19)16-17-2-4-20(5-3-17)21-25-26/h2-13,21H,14-16H2,1H3/q+2. The monoisotopic (exact) mass is 380 g/mol. The average Bonchev–Trinajstić information content (AvgIpc) is 2.69. The number of benzene rings is 1. The SMILES string of the molecule is COCC[n+]1ccc(-c2cc[n+](Cc3ccc(BP=S)cc3)cc2)cc1. The Labute approximate surface area is 162 Å². The minimum absolute atomic E-state index is 0.725. The molecule has 2 heterocycles. The molecule has 0 aliphatic carbocycles. The number of nitrogens with zero attached hydrogens (tertiary/aromatic N) is 2. The Bertz CT molecular complexity index is 839. The van der Waals surface area contributed by atoms with Crippen molar-refractivity contribution in [2.75, 3.05) is 13.7 Å². The predicted molar refractivity (Wildman–Crippen MR) is 111 cm³/mol. The number of methoxy groups -OCH3 is 1. The van der Waals surface area contributed by atoms with E-state index in [1.807, 2.05) is 0 Å². The Hall–Kier alpha value is -1.94. The molecule has 0 saturated carbocycles. The number of aromatic nitrogens is 2. The number of pyridine rings is 2. The number of ether oxygens (including phenoxy) is 1. The largest absolute Gasteiger partial charge is 0.378 e. The molecular formula is C20H22BN2OPS+2. The van der Waals surface area contributed by atoms with Gasteiger partial charge in [0.25, 0.3) is 0 Å². The summed E-state index contributed by atoms with van der Waals surface area (Å²) in [6, 6.07) is 17.3. The molecule has 26 heavy (non-hydrogen) atoms. The van der Waals surface area contributed by atoms with E-state index in [0.717, 1.165) is 33.9 Å². The first-order valence-corrected chi connectivity index (χ1v) is 10.7. The molecule has 2 aromatic heterocycles. The molecule has 0 atom stereocenters. The van der Waals surface area contributed by atoms with E-state index in [0.29, 0.717) is 0 Å². The third-order valence-electron chi connectivity index (χ3n) is 4.30. The minimum atomic E-state index is 0.725. The van der Waals surface area contributed by atoms with Gasteiger partial charge in [0.05, 0.1) is 0 Å². The highest BCUT2D eigenvalue weighted by Gasteiger charge is 2.07. The summed E-state index contributed by atoms with van der Waals surface area (Å²) in [4.78, 5) is 0. The van der Waals surface area contributed by atoms with Crippen LogP contribution >= 0.6 is 7.23 Å². The summed E-state index contributed by atoms with van der Waals surface area (Å²) < 4.78 is 9.44. The Kier molecular flexibility index (Phi) is 7.01. The normalized spacial score (nSPS) is 10.8. The lowest BCUT2D eigenvalue weighted by Gasteiger charge is -2.02.